The third-order valence-electron chi connectivity index (χ3n) is 3.52. The van der Waals surface area contributed by atoms with E-state index >= 15 is 0 Å². The average molecular weight is 222 g/mol. The Kier molecular flexibility index (Phi) is 2.40. The molecule has 0 atom stereocenters. The van der Waals surface area contributed by atoms with Gasteiger partial charge in [0.2, 0.25) is 0 Å². The zero-order valence-electron chi connectivity index (χ0n) is 10.3. The third-order valence-corrected chi connectivity index (χ3v) is 3.52. The monoisotopic (exact) mass is 222 g/mol. The zero-order valence-corrected chi connectivity index (χ0v) is 10.3. The van der Waals surface area contributed by atoms with Gasteiger partial charge in [0.15, 0.2) is 0 Å². The fourth-order valence-electron chi connectivity index (χ4n) is 2.47. The van der Waals surface area contributed by atoms with E-state index in [1.165, 1.54) is 27.9 Å². The van der Waals surface area contributed by atoms with E-state index in [0.29, 0.717) is 0 Å². The lowest BCUT2D eigenvalue weighted by Crippen LogP contribution is -2.17. The predicted octanol–water partition coefficient (Wildman–Crippen LogP) is 3.72. The Morgan fingerprint density at radius 1 is 0.941 bits per heavy atom. The van der Waals surface area contributed by atoms with Crippen LogP contribution in [0.5, 0.6) is 0 Å². The van der Waals surface area contributed by atoms with Gasteiger partial charge in [-0.05, 0) is 35.2 Å². The number of benzene rings is 2. The highest BCUT2D eigenvalue weighted by Gasteiger charge is 2.21. The van der Waals surface area contributed by atoms with Crippen molar-refractivity contribution in [1.82, 2.24) is 0 Å². The molecule has 17 heavy (non-hydrogen) atoms. The molecule has 0 spiro atoms. The molecule has 2 aromatic carbocycles. The first-order chi connectivity index (χ1) is 8.31. The van der Waals surface area contributed by atoms with Crippen LogP contribution in [-0.4, -0.2) is 13.6 Å². The van der Waals surface area contributed by atoms with E-state index in [4.69, 9.17) is 0 Å². The maximum absolute atomic E-state index is 2.30. The van der Waals surface area contributed by atoms with Crippen LogP contribution in [0.1, 0.15) is 18.1 Å². The summed E-state index contributed by atoms with van der Waals surface area (Å²) in [4.78, 5) is 2.29. The summed E-state index contributed by atoms with van der Waals surface area (Å²) < 4.78 is 0. The topological polar surface area (TPSA) is 3.24 Å². The molecule has 0 amide bonds. The molecule has 0 heterocycles. The summed E-state index contributed by atoms with van der Waals surface area (Å²) >= 11 is 0. The van der Waals surface area contributed by atoms with Crippen molar-refractivity contribution < 1.29 is 0 Å². The van der Waals surface area contributed by atoms with Crippen molar-refractivity contribution in [3.05, 3.63) is 60.0 Å². The number of nitrogens with zero attached hydrogens (tertiary/aromatic N) is 1. The van der Waals surface area contributed by atoms with Gasteiger partial charge in [-0.2, -0.15) is 0 Å². The van der Waals surface area contributed by atoms with Crippen molar-refractivity contribution >= 4 is 5.69 Å². The lowest BCUT2D eigenvalue weighted by atomic mass is 10.0. The molecule has 1 aliphatic carbocycles. The van der Waals surface area contributed by atoms with Crippen LogP contribution in [0, 0.1) is 6.42 Å². The van der Waals surface area contributed by atoms with Gasteiger partial charge >= 0.3 is 0 Å². The second kappa shape index (κ2) is 3.92. The Morgan fingerprint density at radius 3 is 2.53 bits per heavy atom. The third kappa shape index (κ3) is 1.54. The summed E-state index contributed by atoms with van der Waals surface area (Å²) in [5.74, 6) is 0. The number of hydrogen-bond donors (Lipinski definition) is 0. The minimum Gasteiger partial charge on any atom is -0.375 e. The highest BCUT2D eigenvalue weighted by Crippen LogP contribution is 2.42. The highest BCUT2D eigenvalue weighted by molar-refractivity contribution is 5.86. The molecular weight excluding hydrogens is 206 g/mol. The van der Waals surface area contributed by atoms with Gasteiger partial charge in [-0.25, -0.2) is 0 Å². The minimum absolute atomic E-state index is 1.03. The number of fused-ring (bicyclic) bond motifs is 3. The van der Waals surface area contributed by atoms with Crippen molar-refractivity contribution in [1.29, 1.82) is 0 Å². The van der Waals surface area contributed by atoms with Crippen molar-refractivity contribution in [3.8, 4) is 11.1 Å². The minimum atomic E-state index is 1.03. The van der Waals surface area contributed by atoms with Crippen LogP contribution in [0.15, 0.2) is 42.5 Å². The Hall–Kier alpha value is -1.76. The number of rotatable bonds is 2. The van der Waals surface area contributed by atoms with Crippen LogP contribution in [0.25, 0.3) is 11.1 Å². The Balaban J connectivity index is 2.17. The summed E-state index contributed by atoms with van der Waals surface area (Å²) in [6.45, 7) is 3.21. The summed E-state index contributed by atoms with van der Waals surface area (Å²) in [5.41, 5.74) is 6.73. The quantitative estimate of drug-likeness (QED) is 0.638. The second-order valence-corrected chi connectivity index (χ2v) is 4.48. The summed E-state index contributed by atoms with van der Waals surface area (Å²) in [5, 5.41) is 0. The second-order valence-electron chi connectivity index (χ2n) is 4.48. The van der Waals surface area contributed by atoms with Crippen LogP contribution in [0.3, 0.4) is 0 Å². The van der Waals surface area contributed by atoms with Crippen molar-refractivity contribution in [2.45, 2.75) is 6.92 Å². The predicted molar refractivity (Wildman–Crippen MR) is 73.3 cm³/mol. The SMILES string of the molecule is CCN(C)c1cccc2c1[CH]c1ccccc1-2. The van der Waals surface area contributed by atoms with E-state index in [1.54, 1.807) is 0 Å². The summed E-state index contributed by atoms with van der Waals surface area (Å²) in [6, 6.07) is 15.2. The lowest BCUT2D eigenvalue weighted by Gasteiger charge is -2.20. The van der Waals surface area contributed by atoms with Gasteiger partial charge in [0, 0.05) is 25.7 Å². The van der Waals surface area contributed by atoms with Crippen molar-refractivity contribution in [2.24, 2.45) is 0 Å². The van der Waals surface area contributed by atoms with Crippen LogP contribution in [-0.2, 0) is 0 Å². The standard InChI is InChI=1S/C16H16N/c1-3-17(2)16-10-6-9-14-13-8-5-4-7-12(13)11-15(14)16/h4-11H,3H2,1-2H3. The molecule has 1 heteroatoms. The van der Waals surface area contributed by atoms with E-state index in [-0.39, 0.29) is 0 Å². The van der Waals surface area contributed by atoms with Crippen LogP contribution in [0.4, 0.5) is 5.69 Å². The maximum atomic E-state index is 2.30. The first-order valence-corrected chi connectivity index (χ1v) is 6.09. The molecule has 0 N–H and O–H groups in total. The van der Waals surface area contributed by atoms with Gasteiger partial charge in [0.25, 0.3) is 0 Å². The molecule has 0 saturated carbocycles. The fraction of sp³-hybridized carbons (Fsp3) is 0.188. The molecule has 0 aromatic heterocycles. The Labute approximate surface area is 103 Å². The van der Waals surface area contributed by atoms with Crippen molar-refractivity contribution in [3.63, 3.8) is 0 Å². The molecule has 3 rings (SSSR count). The molecule has 0 fully saturated rings. The molecule has 1 aliphatic rings. The first kappa shape index (κ1) is 10.4. The van der Waals surface area contributed by atoms with Gasteiger partial charge in [0.1, 0.15) is 0 Å². The maximum Gasteiger partial charge on any atom is 0.0408 e. The van der Waals surface area contributed by atoms with Crippen molar-refractivity contribution in [2.75, 3.05) is 18.5 Å². The largest absolute Gasteiger partial charge is 0.375 e. The zero-order chi connectivity index (χ0) is 11.8. The van der Waals surface area contributed by atoms with Gasteiger partial charge in [0.05, 0.1) is 0 Å². The van der Waals surface area contributed by atoms with Gasteiger partial charge < -0.3 is 4.90 Å². The van der Waals surface area contributed by atoms with E-state index in [9.17, 15) is 0 Å². The first-order valence-electron chi connectivity index (χ1n) is 6.09. The van der Waals surface area contributed by atoms with E-state index in [2.05, 4.69) is 67.8 Å². The van der Waals surface area contributed by atoms with Crippen LogP contribution in [0.2, 0.25) is 0 Å². The molecule has 0 aliphatic heterocycles. The van der Waals surface area contributed by atoms with Gasteiger partial charge in [-0.15, -0.1) is 0 Å². The summed E-state index contributed by atoms with van der Waals surface area (Å²) in [6.07, 6.45) is 2.30. The van der Waals surface area contributed by atoms with Gasteiger partial charge in [-0.1, -0.05) is 36.4 Å². The van der Waals surface area contributed by atoms with E-state index in [0.717, 1.165) is 6.54 Å². The fourth-order valence-corrected chi connectivity index (χ4v) is 2.47. The molecular formula is C16H16N. The molecule has 0 saturated heterocycles. The molecule has 2 aromatic rings. The molecule has 0 bridgehead atoms. The highest BCUT2D eigenvalue weighted by atomic mass is 15.1. The normalized spacial score (nSPS) is 12.1. The van der Waals surface area contributed by atoms with Gasteiger partial charge in [-0.3, -0.25) is 0 Å². The average Bonchev–Trinajstić information content (AvgIpc) is 2.76. The van der Waals surface area contributed by atoms with Crippen LogP contribution >= 0.6 is 0 Å². The molecule has 1 radical (unpaired) electrons. The molecule has 85 valence electrons. The van der Waals surface area contributed by atoms with E-state index in [1.807, 2.05) is 0 Å². The lowest BCUT2D eigenvalue weighted by molar-refractivity contribution is 0.964. The summed E-state index contributed by atoms with van der Waals surface area (Å²) in [7, 11) is 2.15. The Bertz CT molecular complexity index is 557. The Morgan fingerprint density at radius 2 is 1.71 bits per heavy atom. The number of hydrogen-bond acceptors (Lipinski definition) is 1. The molecule has 1 nitrogen and oxygen atoms in total. The molecule has 0 unspecified atom stereocenters. The smallest absolute Gasteiger partial charge is 0.0408 e. The van der Waals surface area contributed by atoms with Crippen LogP contribution < -0.4 is 4.90 Å². The number of anilines is 1. The van der Waals surface area contributed by atoms with E-state index < -0.39 is 0 Å².